The molecule has 0 unspecified atom stereocenters. The van der Waals surface area contributed by atoms with Gasteiger partial charge in [-0.1, -0.05) is 51.1 Å². The number of hydrogen-bond acceptors (Lipinski definition) is 5. The van der Waals surface area contributed by atoms with Gasteiger partial charge in [-0.2, -0.15) is 5.10 Å². The van der Waals surface area contributed by atoms with Crippen LogP contribution in [0.25, 0.3) is 11.3 Å². The van der Waals surface area contributed by atoms with Crippen molar-refractivity contribution >= 4 is 11.3 Å². The molecule has 3 heterocycles. The van der Waals surface area contributed by atoms with Gasteiger partial charge in [-0.25, -0.2) is 0 Å². The molecule has 2 fully saturated rings. The fourth-order valence-corrected chi connectivity index (χ4v) is 8.63. The number of fused-ring (bicyclic) bond motifs is 3. The Bertz CT molecular complexity index is 1280. The maximum atomic E-state index is 5.55. The first-order valence-corrected chi connectivity index (χ1v) is 15.9. The predicted octanol–water partition coefficient (Wildman–Crippen LogP) is 6.33. The molecule has 5 nitrogen and oxygen atoms in total. The lowest BCUT2D eigenvalue weighted by Gasteiger charge is -2.46. The molecule has 210 valence electrons. The van der Waals surface area contributed by atoms with E-state index in [1.54, 1.807) is 4.88 Å². The summed E-state index contributed by atoms with van der Waals surface area (Å²) in [6.07, 6.45) is 6.96. The van der Waals surface area contributed by atoms with Crippen molar-refractivity contribution in [1.82, 2.24) is 24.5 Å². The molecule has 2 aliphatic carbocycles. The molecule has 0 spiro atoms. The highest BCUT2D eigenvalue weighted by atomic mass is 32.1. The highest BCUT2D eigenvalue weighted by Gasteiger charge is 2.41. The number of hydrogen-bond donors (Lipinski definition) is 0. The van der Waals surface area contributed by atoms with Gasteiger partial charge in [0.1, 0.15) is 0 Å². The van der Waals surface area contributed by atoms with Gasteiger partial charge >= 0.3 is 0 Å². The lowest BCUT2D eigenvalue weighted by molar-refractivity contribution is 0.0770. The highest BCUT2D eigenvalue weighted by Crippen LogP contribution is 2.49. The number of benzene rings is 1. The van der Waals surface area contributed by atoms with Gasteiger partial charge in [0.05, 0.1) is 17.4 Å². The van der Waals surface area contributed by atoms with Gasteiger partial charge in [-0.05, 0) is 81.6 Å². The normalized spacial score (nSPS) is 24.6. The molecule has 0 N–H and O–H groups in total. The van der Waals surface area contributed by atoms with E-state index in [2.05, 4.69) is 97.0 Å². The second-order valence-electron chi connectivity index (χ2n) is 13.5. The number of thiophene rings is 1. The first kappa shape index (κ1) is 27.2. The minimum Gasteiger partial charge on any atom is -0.304 e. The van der Waals surface area contributed by atoms with Gasteiger partial charge in [-0.15, -0.1) is 11.3 Å². The lowest BCUT2D eigenvalue weighted by Crippen LogP contribution is -2.44. The molecule has 3 aromatic rings. The van der Waals surface area contributed by atoms with Crippen molar-refractivity contribution in [2.75, 3.05) is 47.3 Å². The SMILES string of the molecule is CN1CCN(Cc2nn(C3CCC(c4ccccc4)(N(C)C)CC3)c3c2CCc2scc(C(C)(C)C)c2-3)CC1. The van der Waals surface area contributed by atoms with Gasteiger partial charge in [0.15, 0.2) is 0 Å². The van der Waals surface area contributed by atoms with E-state index in [9.17, 15) is 0 Å². The maximum absolute atomic E-state index is 5.55. The maximum Gasteiger partial charge on any atom is 0.0803 e. The Morgan fingerprint density at radius 1 is 1.00 bits per heavy atom. The minimum absolute atomic E-state index is 0.109. The van der Waals surface area contributed by atoms with E-state index in [4.69, 9.17) is 5.10 Å². The molecule has 39 heavy (non-hydrogen) atoms. The Morgan fingerprint density at radius 3 is 2.33 bits per heavy atom. The monoisotopic (exact) mass is 545 g/mol. The molecule has 0 atom stereocenters. The third-order valence-electron chi connectivity index (χ3n) is 9.87. The zero-order chi connectivity index (χ0) is 27.4. The zero-order valence-corrected chi connectivity index (χ0v) is 25.8. The van der Waals surface area contributed by atoms with Gasteiger partial charge in [0, 0.05) is 54.3 Å². The van der Waals surface area contributed by atoms with Crippen molar-refractivity contribution in [2.24, 2.45) is 0 Å². The van der Waals surface area contributed by atoms with Crippen molar-refractivity contribution in [3.8, 4) is 11.3 Å². The molecular formula is C33H47N5S. The van der Waals surface area contributed by atoms with Gasteiger partial charge in [-0.3, -0.25) is 14.5 Å². The molecule has 1 aliphatic heterocycles. The molecule has 6 heteroatoms. The van der Waals surface area contributed by atoms with Crippen LogP contribution >= 0.6 is 11.3 Å². The van der Waals surface area contributed by atoms with Crippen LogP contribution in [0.4, 0.5) is 0 Å². The van der Waals surface area contributed by atoms with Crippen molar-refractivity contribution in [3.05, 3.63) is 63.0 Å². The second-order valence-corrected chi connectivity index (χ2v) is 14.5. The van der Waals surface area contributed by atoms with E-state index in [0.29, 0.717) is 6.04 Å². The van der Waals surface area contributed by atoms with Crippen LogP contribution < -0.4 is 0 Å². The summed E-state index contributed by atoms with van der Waals surface area (Å²) in [4.78, 5) is 9.13. The summed E-state index contributed by atoms with van der Waals surface area (Å²) < 4.78 is 2.53. The zero-order valence-electron chi connectivity index (χ0n) is 25.0. The Hall–Kier alpha value is -1.99. The third-order valence-corrected chi connectivity index (χ3v) is 10.9. The fraction of sp³-hybridized carbons (Fsp3) is 0.606. The Balaban J connectivity index is 1.38. The van der Waals surface area contributed by atoms with Crippen LogP contribution in [0.15, 0.2) is 35.7 Å². The van der Waals surface area contributed by atoms with Crippen molar-refractivity contribution in [2.45, 2.75) is 82.8 Å². The topological polar surface area (TPSA) is 27.5 Å². The van der Waals surface area contributed by atoms with Crippen molar-refractivity contribution in [1.29, 1.82) is 0 Å². The van der Waals surface area contributed by atoms with E-state index in [1.807, 2.05) is 11.3 Å². The van der Waals surface area contributed by atoms with Crippen molar-refractivity contribution < 1.29 is 0 Å². The van der Waals surface area contributed by atoms with Gasteiger partial charge in [0.2, 0.25) is 0 Å². The molecule has 6 rings (SSSR count). The molecule has 0 amide bonds. The third kappa shape index (κ3) is 4.92. The summed E-state index contributed by atoms with van der Waals surface area (Å²) in [6.45, 7) is 12.7. The summed E-state index contributed by atoms with van der Waals surface area (Å²) in [5, 5.41) is 8.00. The number of aryl methyl sites for hydroxylation is 1. The van der Waals surface area contributed by atoms with Crippen LogP contribution in [0.2, 0.25) is 0 Å². The quantitative estimate of drug-likeness (QED) is 0.375. The van der Waals surface area contributed by atoms with Crippen LogP contribution in [-0.4, -0.2) is 71.8 Å². The smallest absolute Gasteiger partial charge is 0.0803 e. The second kappa shape index (κ2) is 10.4. The van der Waals surface area contributed by atoms with Crippen LogP contribution in [0.1, 0.15) is 79.8 Å². The number of piperazine rings is 1. The molecule has 1 saturated heterocycles. The van der Waals surface area contributed by atoms with Crippen LogP contribution in [-0.2, 0) is 30.3 Å². The van der Waals surface area contributed by atoms with Gasteiger partial charge in [0.25, 0.3) is 0 Å². The molecule has 1 saturated carbocycles. The number of rotatable bonds is 5. The number of likely N-dealkylation sites (N-methyl/N-ethyl adjacent to an activating group) is 1. The summed E-state index contributed by atoms with van der Waals surface area (Å²) in [5.74, 6) is 0. The minimum atomic E-state index is 0.109. The first-order chi connectivity index (χ1) is 18.7. The lowest BCUT2D eigenvalue weighted by atomic mass is 9.74. The summed E-state index contributed by atoms with van der Waals surface area (Å²) >= 11 is 1.98. The Kier molecular flexibility index (Phi) is 7.28. The van der Waals surface area contributed by atoms with E-state index >= 15 is 0 Å². The number of aromatic nitrogens is 2. The van der Waals surface area contributed by atoms with Crippen LogP contribution in [0, 0.1) is 0 Å². The summed E-state index contributed by atoms with van der Waals surface area (Å²) in [5.41, 5.74) is 9.09. The van der Waals surface area contributed by atoms with E-state index in [0.717, 1.165) is 45.6 Å². The fourth-order valence-electron chi connectivity index (χ4n) is 7.35. The van der Waals surface area contributed by atoms with Crippen molar-refractivity contribution in [3.63, 3.8) is 0 Å². The molecule has 3 aliphatic rings. The molecule has 2 aromatic heterocycles. The summed E-state index contributed by atoms with van der Waals surface area (Å²) in [6, 6.07) is 11.7. The predicted molar refractivity (Wildman–Crippen MR) is 164 cm³/mol. The summed E-state index contributed by atoms with van der Waals surface area (Å²) in [7, 11) is 6.78. The highest BCUT2D eigenvalue weighted by molar-refractivity contribution is 7.10. The van der Waals surface area contributed by atoms with E-state index in [-0.39, 0.29) is 11.0 Å². The van der Waals surface area contributed by atoms with Gasteiger partial charge < -0.3 is 4.90 Å². The van der Waals surface area contributed by atoms with E-state index < -0.39 is 0 Å². The van der Waals surface area contributed by atoms with Crippen LogP contribution in [0.3, 0.4) is 0 Å². The van der Waals surface area contributed by atoms with E-state index in [1.165, 1.54) is 59.3 Å². The Labute approximate surface area is 239 Å². The average molecular weight is 546 g/mol. The first-order valence-electron chi connectivity index (χ1n) is 15.0. The molecule has 0 radical (unpaired) electrons. The molecular weight excluding hydrogens is 498 g/mol. The largest absolute Gasteiger partial charge is 0.304 e. The van der Waals surface area contributed by atoms with Crippen LogP contribution in [0.5, 0.6) is 0 Å². The molecule has 0 bridgehead atoms. The molecule has 1 aromatic carbocycles. The average Bonchev–Trinajstić information content (AvgIpc) is 3.52. The number of nitrogens with zero attached hydrogens (tertiary/aromatic N) is 5. The standard InChI is InChI=1S/C33H47N5S/c1-32(2,3)27-23-39-29-13-12-26-28(22-37-20-18-36(6)19-21-37)34-38(31(26)30(27)29)25-14-16-33(17-15-25,35(4)5)24-10-8-7-9-11-24/h7-11,23,25H,12-22H2,1-6H3. The Morgan fingerprint density at radius 2 is 1.69 bits per heavy atom.